The summed E-state index contributed by atoms with van der Waals surface area (Å²) in [6.45, 7) is 0. The van der Waals surface area contributed by atoms with E-state index in [1.165, 1.54) is 12.1 Å². The standard InChI is InChI=1S/C19H21FN6O/c20-13-3-1-12(2-4-13)17-18(16-9-10-22-19(21)24-16)26(11-23-17)15-7-5-14(25-27)6-8-15/h1-4,9-11,14-15,25,27H,5-8H2,(H2,21,22,24). The topological polar surface area (TPSA) is 102 Å². The molecule has 0 spiro atoms. The Morgan fingerprint density at radius 2 is 1.81 bits per heavy atom. The van der Waals surface area contributed by atoms with Gasteiger partial charge in [-0.3, -0.25) is 0 Å². The minimum absolute atomic E-state index is 0.125. The number of nitrogens with two attached hydrogens (primary N) is 1. The van der Waals surface area contributed by atoms with Gasteiger partial charge in [0.05, 0.1) is 23.4 Å². The molecule has 0 amide bonds. The summed E-state index contributed by atoms with van der Waals surface area (Å²) in [5.74, 6) is -0.0978. The molecule has 1 aliphatic rings. The van der Waals surface area contributed by atoms with Gasteiger partial charge in [-0.05, 0) is 56.0 Å². The summed E-state index contributed by atoms with van der Waals surface area (Å²) in [6, 6.07) is 8.43. The molecule has 2 aromatic heterocycles. The van der Waals surface area contributed by atoms with Gasteiger partial charge in [0.15, 0.2) is 0 Å². The lowest BCUT2D eigenvalue weighted by molar-refractivity contribution is 0.0982. The fourth-order valence-electron chi connectivity index (χ4n) is 3.70. The van der Waals surface area contributed by atoms with Gasteiger partial charge in [-0.15, -0.1) is 0 Å². The van der Waals surface area contributed by atoms with Gasteiger partial charge in [0.2, 0.25) is 5.95 Å². The minimum atomic E-state index is -0.291. The molecule has 4 rings (SSSR count). The van der Waals surface area contributed by atoms with Crippen molar-refractivity contribution in [1.29, 1.82) is 0 Å². The van der Waals surface area contributed by atoms with Gasteiger partial charge < -0.3 is 15.5 Å². The van der Waals surface area contributed by atoms with Gasteiger partial charge in [-0.25, -0.2) is 24.8 Å². The zero-order valence-electron chi connectivity index (χ0n) is 14.7. The van der Waals surface area contributed by atoms with Crippen molar-refractivity contribution in [2.24, 2.45) is 0 Å². The lowest BCUT2D eigenvalue weighted by atomic mass is 9.91. The number of hydrogen-bond acceptors (Lipinski definition) is 6. The van der Waals surface area contributed by atoms with Crippen LogP contribution in [0.1, 0.15) is 31.7 Å². The maximum absolute atomic E-state index is 13.4. The summed E-state index contributed by atoms with van der Waals surface area (Å²) in [5, 5.41) is 9.16. The van der Waals surface area contributed by atoms with E-state index in [0.29, 0.717) is 5.69 Å². The summed E-state index contributed by atoms with van der Waals surface area (Å²) >= 11 is 0. The van der Waals surface area contributed by atoms with Gasteiger partial charge in [0, 0.05) is 23.8 Å². The molecule has 2 heterocycles. The number of benzene rings is 1. The molecular formula is C19H21FN6O. The average molecular weight is 368 g/mol. The Balaban J connectivity index is 1.79. The summed E-state index contributed by atoms with van der Waals surface area (Å²) in [5.41, 5.74) is 11.2. The third-order valence-corrected chi connectivity index (χ3v) is 5.10. The number of anilines is 1. The van der Waals surface area contributed by atoms with Crippen LogP contribution in [0.25, 0.3) is 22.6 Å². The van der Waals surface area contributed by atoms with Crippen LogP contribution in [0.15, 0.2) is 42.9 Å². The number of nitrogen functional groups attached to an aromatic ring is 1. The van der Waals surface area contributed by atoms with E-state index < -0.39 is 0 Å². The summed E-state index contributed by atoms with van der Waals surface area (Å²) in [4.78, 5) is 13.0. The van der Waals surface area contributed by atoms with E-state index in [1.807, 2.05) is 6.33 Å². The van der Waals surface area contributed by atoms with E-state index in [1.54, 1.807) is 24.4 Å². The lowest BCUT2D eigenvalue weighted by Crippen LogP contribution is -2.31. The van der Waals surface area contributed by atoms with Crippen molar-refractivity contribution >= 4 is 5.95 Å². The number of nitrogens with zero attached hydrogens (tertiary/aromatic N) is 4. The molecule has 0 aliphatic heterocycles. The quantitative estimate of drug-likeness (QED) is 0.611. The lowest BCUT2D eigenvalue weighted by Gasteiger charge is -2.29. The Hall–Kier alpha value is -2.84. The number of rotatable bonds is 4. The molecule has 8 heteroatoms. The van der Waals surface area contributed by atoms with Gasteiger partial charge in [-0.1, -0.05) is 0 Å². The molecule has 0 unspecified atom stereocenters. The van der Waals surface area contributed by atoms with E-state index in [0.717, 1.165) is 42.6 Å². The van der Waals surface area contributed by atoms with Crippen molar-refractivity contribution in [3.05, 3.63) is 48.7 Å². The number of hydrogen-bond donors (Lipinski definition) is 3. The van der Waals surface area contributed by atoms with E-state index in [4.69, 9.17) is 10.9 Å². The number of aromatic nitrogens is 4. The maximum atomic E-state index is 13.4. The van der Waals surface area contributed by atoms with Gasteiger partial charge in [0.25, 0.3) is 0 Å². The maximum Gasteiger partial charge on any atom is 0.220 e. The van der Waals surface area contributed by atoms with Crippen molar-refractivity contribution in [2.75, 3.05) is 5.73 Å². The molecule has 1 saturated carbocycles. The third-order valence-electron chi connectivity index (χ3n) is 5.10. The van der Waals surface area contributed by atoms with Crippen LogP contribution in [-0.2, 0) is 0 Å². The predicted molar refractivity (Wildman–Crippen MR) is 99.3 cm³/mol. The average Bonchev–Trinajstić information content (AvgIpc) is 3.14. The fourth-order valence-corrected chi connectivity index (χ4v) is 3.70. The summed E-state index contributed by atoms with van der Waals surface area (Å²) in [6.07, 6.45) is 6.99. The molecule has 0 atom stereocenters. The van der Waals surface area contributed by atoms with Crippen molar-refractivity contribution in [1.82, 2.24) is 25.0 Å². The van der Waals surface area contributed by atoms with Crippen LogP contribution in [0, 0.1) is 5.82 Å². The molecule has 0 bridgehead atoms. The normalized spacial score (nSPS) is 19.9. The number of imidazole rings is 1. The second kappa shape index (κ2) is 7.42. The van der Waals surface area contributed by atoms with Crippen LogP contribution >= 0.6 is 0 Å². The Bertz CT molecular complexity index is 918. The van der Waals surface area contributed by atoms with Crippen LogP contribution in [0.3, 0.4) is 0 Å². The monoisotopic (exact) mass is 368 g/mol. The predicted octanol–water partition coefficient (Wildman–Crippen LogP) is 3.19. The van der Waals surface area contributed by atoms with Gasteiger partial charge in [0.1, 0.15) is 5.82 Å². The van der Waals surface area contributed by atoms with Crippen molar-refractivity contribution < 1.29 is 9.60 Å². The van der Waals surface area contributed by atoms with E-state index in [9.17, 15) is 4.39 Å². The van der Waals surface area contributed by atoms with Gasteiger partial charge in [-0.2, -0.15) is 0 Å². The van der Waals surface area contributed by atoms with E-state index in [2.05, 4.69) is 25.0 Å². The molecule has 27 heavy (non-hydrogen) atoms. The zero-order chi connectivity index (χ0) is 18.8. The molecule has 0 radical (unpaired) electrons. The molecule has 1 aromatic carbocycles. The Kier molecular flexibility index (Phi) is 4.83. The van der Waals surface area contributed by atoms with E-state index in [-0.39, 0.29) is 23.8 Å². The van der Waals surface area contributed by atoms with Crippen LogP contribution in [-0.4, -0.2) is 30.8 Å². The molecular weight excluding hydrogens is 347 g/mol. The molecule has 0 saturated heterocycles. The largest absolute Gasteiger partial charge is 0.368 e. The minimum Gasteiger partial charge on any atom is -0.368 e. The third kappa shape index (κ3) is 3.54. The first-order valence-corrected chi connectivity index (χ1v) is 8.97. The zero-order valence-corrected chi connectivity index (χ0v) is 14.7. The highest BCUT2D eigenvalue weighted by Gasteiger charge is 2.26. The highest BCUT2D eigenvalue weighted by atomic mass is 19.1. The number of hydroxylamine groups is 1. The molecule has 7 nitrogen and oxygen atoms in total. The first-order chi connectivity index (χ1) is 13.2. The summed E-state index contributed by atoms with van der Waals surface area (Å²) in [7, 11) is 0. The van der Waals surface area contributed by atoms with Crippen LogP contribution < -0.4 is 11.2 Å². The Morgan fingerprint density at radius 1 is 1.07 bits per heavy atom. The smallest absolute Gasteiger partial charge is 0.220 e. The highest BCUT2D eigenvalue weighted by molar-refractivity contribution is 5.77. The van der Waals surface area contributed by atoms with Crippen LogP contribution in [0.4, 0.5) is 10.3 Å². The second-order valence-electron chi connectivity index (χ2n) is 6.79. The summed E-state index contributed by atoms with van der Waals surface area (Å²) < 4.78 is 15.5. The van der Waals surface area contributed by atoms with Crippen LogP contribution in [0.2, 0.25) is 0 Å². The Morgan fingerprint density at radius 3 is 2.48 bits per heavy atom. The van der Waals surface area contributed by atoms with Crippen molar-refractivity contribution in [3.63, 3.8) is 0 Å². The fraction of sp³-hybridized carbons (Fsp3) is 0.316. The highest BCUT2D eigenvalue weighted by Crippen LogP contribution is 2.37. The SMILES string of the molecule is Nc1nccc(-c2c(-c3ccc(F)cc3)ncn2C2CCC(NO)CC2)n1. The number of nitrogens with one attached hydrogen (secondary N) is 1. The molecule has 1 fully saturated rings. The molecule has 140 valence electrons. The van der Waals surface area contributed by atoms with E-state index >= 15 is 0 Å². The Labute approximate surface area is 156 Å². The molecule has 4 N–H and O–H groups in total. The van der Waals surface area contributed by atoms with Crippen LogP contribution in [0.5, 0.6) is 0 Å². The molecule has 3 aromatic rings. The van der Waals surface area contributed by atoms with Gasteiger partial charge >= 0.3 is 0 Å². The number of halogens is 1. The van der Waals surface area contributed by atoms with Crippen molar-refractivity contribution in [3.8, 4) is 22.6 Å². The second-order valence-corrected chi connectivity index (χ2v) is 6.79. The van der Waals surface area contributed by atoms with Crippen molar-refractivity contribution in [2.45, 2.75) is 37.8 Å². The first-order valence-electron chi connectivity index (χ1n) is 8.97. The molecule has 1 aliphatic carbocycles. The first kappa shape index (κ1) is 17.6.